The predicted octanol–water partition coefficient (Wildman–Crippen LogP) is 1.43. The van der Waals surface area contributed by atoms with Gasteiger partial charge < -0.3 is 10.6 Å². The van der Waals surface area contributed by atoms with Crippen LogP contribution in [0.5, 0.6) is 0 Å². The lowest BCUT2D eigenvalue weighted by atomic mass is 10.2. The summed E-state index contributed by atoms with van der Waals surface area (Å²) in [6.45, 7) is 7.68. The summed E-state index contributed by atoms with van der Waals surface area (Å²) in [7, 11) is 0. The monoisotopic (exact) mass is 323 g/mol. The average Bonchev–Trinajstić information content (AvgIpc) is 2.89. The molecule has 0 spiro atoms. The van der Waals surface area contributed by atoms with Gasteiger partial charge in [-0.25, -0.2) is 4.98 Å². The summed E-state index contributed by atoms with van der Waals surface area (Å²) in [6, 6.07) is 1.18. The van der Waals surface area contributed by atoms with Crippen molar-refractivity contribution in [3.63, 3.8) is 0 Å². The number of aryl methyl sites for hydroxylation is 1. The number of rotatable bonds is 6. The molecule has 0 saturated carbocycles. The third kappa shape index (κ3) is 3.62. The molecule has 2 aromatic rings. The summed E-state index contributed by atoms with van der Waals surface area (Å²) < 4.78 is 1.26. The molecule has 2 unspecified atom stereocenters. The second kappa shape index (κ2) is 6.87. The van der Waals surface area contributed by atoms with Gasteiger partial charge in [0.15, 0.2) is 0 Å². The number of amides is 1. The Hall–Kier alpha value is -1.96. The molecule has 0 aromatic carbocycles. The topological polar surface area (TPSA) is 88.4 Å². The molecular weight excluding hydrogens is 302 g/mol. The van der Waals surface area contributed by atoms with E-state index >= 15 is 0 Å². The van der Waals surface area contributed by atoms with Crippen LogP contribution >= 0.6 is 11.3 Å². The SMILES string of the molecule is CCc1cc(=O)n2nc(NC(C)C(=O)NC(C)CC)sc2n1. The highest BCUT2D eigenvalue weighted by atomic mass is 32.1. The number of fused-ring (bicyclic) bond motifs is 1. The Morgan fingerprint density at radius 2 is 2.14 bits per heavy atom. The van der Waals surface area contributed by atoms with Crippen LogP contribution in [0.1, 0.15) is 39.8 Å². The van der Waals surface area contributed by atoms with Crippen molar-refractivity contribution in [1.29, 1.82) is 0 Å². The maximum atomic E-state index is 12.0. The van der Waals surface area contributed by atoms with Crippen LogP contribution < -0.4 is 16.2 Å². The van der Waals surface area contributed by atoms with Crippen LogP contribution in [0.3, 0.4) is 0 Å². The van der Waals surface area contributed by atoms with Gasteiger partial charge in [0, 0.05) is 17.8 Å². The first-order chi connectivity index (χ1) is 10.4. The van der Waals surface area contributed by atoms with Crippen molar-refractivity contribution in [1.82, 2.24) is 19.9 Å². The molecule has 0 fully saturated rings. The number of aromatic nitrogens is 3. The van der Waals surface area contributed by atoms with E-state index in [1.165, 1.54) is 21.9 Å². The molecule has 8 heteroatoms. The first-order valence-electron chi connectivity index (χ1n) is 7.41. The Morgan fingerprint density at radius 1 is 1.41 bits per heavy atom. The second-order valence-corrected chi connectivity index (χ2v) is 6.18. The zero-order valence-corrected chi connectivity index (χ0v) is 14.0. The summed E-state index contributed by atoms with van der Waals surface area (Å²) in [5.41, 5.74) is 0.533. The van der Waals surface area contributed by atoms with Gasteiger partial charge in [0.05, 0.1) is 0 Å². The maximum absolute atomic E-state index is 12.0. The maximum Gasteiger partial charge on any atom is 0.275 e. The van der Waals surface area contributed by atoms with Crippen molar-refractivity contribution >= 4 is 27.3 Å². The fourth-order valence-electron chi connectivity index (χ4n) is 1.82. The molecule has 2 rings (SSSR count). The van der Waals surface area contributed by atoms with Gasteiger partial charge in [0.1, 0.15) is 6.04 Å². The molecule has 0 radical (unpaired) electrons. The lowest BCUT2D eigenvalue weighted by Crippen LogP contribution is -2.41. The first-order valence-corrected chi connectivity index (χ1v) is 8.23. The number of anilines is 1. The second-order valence-electron chi connectivity index (χ2n) is 5.22. The molecule has 2 atom stereocenters. The molecule has 0 aliphatic rings. The number of carbonyl (C=O) groups excluding carboxylic acids is 1. The third-order valence-electron chi connectivity index (χ3n) is 3.39. The molecule has 2 heterocycles. The molecule has 0 saturated heterocycles. The molecule has 1 amide bonds. The zero-order valence-electron chi connectivity index (χ0n) is 13.2. The summed E-state index contributed by atoms with van der Waals surface area (Å²) in [6.07, 6.45) is 1.57. The quantitative estimate of drug-likeness (QED) is 0.839. The summed E-state index contributed by atoms with van der Waals surface area (Å²) in [5, 5.41) is 10.6. The van der Waals surface area contributed by atoms with E-state index in [2.05, 4.69) is 20.7 Å². The van der Waals surface area contributed by atoms with Gasteiger partial charge in [-0.05, 0) is 26.7 Å². The summed E-state index contributed by atoms with van der Waals surface area (Å²) in [4.78, 5) is 28.9. The highest BCUT2D eigenvalue weighted by molar-refractivity contribution is 7.20. The van der Waals surface area contributed by atoms with Gasteiger partial charge in [-0.2, -0.15) is 4.52 Å². The Morgan fingerprint density at radius 3 is 2.77 bits per heavy atom. The molecule has 0 aliphatic heterocycles. The van der Waals surface area contributed by atoms with Crippen molar-refractivity contribution in [2.24, 2.45) is 0 Å². The third-order valence-corrected chi connectivity index (χ3v) is 4.23. The number of nitrogens with zero attached hydrogens (tertiary/aromatic N) is 3. The summed E-state index contributed by atoms with van der Waals surface area (Å²) >= 11 is 1.26. The standard InChI is InChI=1S/C14H21N5O2S/c1-5-8(3)15-12(21)9(4)16-13-18-19-11(20)7-10(6-2)17-14(19)22-13/h7-9H,5-6H2,1-4H3,(H,15,21)(H,16,18). The van der Waals surface area contributed by atoms with Crippen LogP contribution in [-0.4, -0.2) is 32.6 Å². The first kappa shape index (κ1) is 16.4. The average molecular weight is 323 g/mol. The number of hydrogen-bond donors (Lipinski definition) is 2. The molecule has 22 heavy (non-hydrogen) atoms. The van der Waals surface area contributed by atoms with Gasteiger partial charge in [-0.3, -0.25) is 9.59 Å². The van der Waals surface area contributed by atoms with Crippen molar-refractivity contribution in [3.05, 3.63) is 22.1 Å². The van der Waals surface area contributed by atoms with Crippen LogP contribution in [0.2, 0.25) is 0 Å². The van der Waals surface area contributed by atoms with Crippen molar-refractivity contribution in [2.45, 2.75) is 52.6 Å². The van der Waals surface area contributed by atoms with Crippen LogP contribution in [0.4, 0.5) is 5.13 Å². The highest BCUT2D eigenvalue weighted by Crippen LogP contribution is 2.17. The normalized spacial score (nSPS) is 13.8. The fraction of sp³-hybridized carbons (Fsp3) is 0.571. The van der Waals surface area contributed by atoms with E-state index in [4.69, 9.17) is 0 Å². The van der Waals surface area contributed by atoms with E-state index in [-0.39, 0.29) is 17.5 Å². The lowest BCUT2D eigenvalue weighted by Gasteiger charge is -2.16. The van der Waals surface area contributed by atoms with Crippen molar-refractivity contribution in [2.75, 3.05) is 5.32 Å². The van der Waals surface area contributed by atoms with E-state index in [1.807, 2.05) is 20.8 Å². The molecule has 7 nitrogen and oxygen atoms in total. The van der Waals surface area contributed by atoms with Crippen LogP contribution in [0.25, 0.3) is 4.96 Å². The van der Waals surface area contributed by atoms with Crippen molar-refractivity contribution < 1.29 is 4.79 Å². The minimum atomic E-state index is -0.434. The Bertz CT molecular complexity index is 724. The predicted molar refractivity (Wildman–Crippen MR) is 87.5 cm³/mol. The zero-order chi connectivity index (χ0) is 16.3. The van der Waals surface area contributed by atoms with E-state index in [9.17, 15) is 9.59 Å². The molecule has 0 aliphatic carbocycles. The van der Waals surface area contributed by atoms with E-state index < -0.39 is 6.04 Å². The fourth-order valence-corrected chi connectivity index (χ4v) is 2.73. The minimum absolute atomic E-state index is 0.0943. The number of nitrogens with one attached hydrogen (secondary N) is 2. The number of carbonyl (C=O) groups is 1. The van der Waals surface area contributed by atoms with Gasteiger partial charge in [-0.15, -0.1) is 5.10 Å². The molecule has 120 valence electrons. The van der Waals surface area contributed by atoms with Crippen LogP contribution in [-0.2, 0) is 11.2 Å². The number of hydrogen-bond acceptors (Lipinski definition) is 6. The van der Waals surface area contributed by atoms with Gasteiger partial charge in [0.25, 0.3) is 5.56 Å². The van der Waals surface area contributed by atoms with Crippen LogP contribution in [0, 0.1) is 0 Å². The largest absolute Gasteiger partial charge is 0.352 e. The van der Waals surface area contributed by atoms with Gasteiger partial charge in [0.2, 0.25) is 16.0 Å². The van der Waals surface area contributed by atoms with E-state index in [0.29, 0.717) is 16.5 Å². The van der Waals surface area contributed by atoms with Gasteiger partial charge in [-0.1, -0.05) is 25.2 Å². The smallest absolute Gasteiger partial charge is 0.275 e. The lowest BCUT2D eigenvalue weighted by molar-refractivity contribution is -0.122. The van der Waals surface area contributed by atoms with E-state index in [1.54, 1.807) is 6.92 Å². The molecule has 2 aromatic heterocycles. The van der Waals surface area contributed by atoms with E-state index in [0.717, 1.165) is 12.1 Å². The summed E-state index contributed by atoms with van der Waals surface area (Å²) in [5.74, 6) is -0.0943. The molecule has 2 N–H and O–H groups in total. The van der Waals surface area contributed by atoms with Crippen LogP contribution in [0.15, 0.2) is 10.9 Å². The molecule has 0 bridgehead atoms. The van der Waals surface area contributed by atoms with Crippen molar-refractivity contribution in [3.8, 4) is 0 Å². The highest BCUT2D eigenvalue weighted by Gasteiger charge is 2.17. The molecular formula is C14H21N5O2S. The van der Waals surface area contributed by atoms with Gasteiger partial charge >= 0.3 is 0 Å². The Kier molecular flexibility index (Phi) is 5.12. The Labute approximate surface area is 132 Å². The Balaban J connectivity index is 2.16. The minimum Gasteiger partial charge on any atom is -0.352 e.